The summed E-state index contributed by atoms with van der Waals surface area (Å²) in [6.07, 6.45) is 19.5. The molecule has 0 aliphatic carbocycles. The monoisotopic (exact) mass is 892 g/mol. The molecule has 1 amide bonds. The quantitative estimate of drug-likeness (QED) is 0.0313. The Bertz CT molecular complexity index is 1060. The number of rotatable bonds is 39. The summed E-state index contributed by atoms with van der Waals surface area (Å²) in [6.45, 7) is 2.69. The van der Waals surface area contributed by atoms with E-state index >= 15 is 0 Å². The highest BCUT2D eigenvalue weighted by Crippen LogP contribution is 2.30. The molecule has 12 atom stereocenters. The molecule has 9 N–H and O–H groups in total. The summed E-state index contributed by atoms with van der Waals surface area (Å²) in [5.74, 6) is -0.214. The Hall–Kier alpha value is -1.01. The highest BCUT2D eigenvalue weighted by molar-refractivity contribution is 5.76. The largest absolute Gasteiger partial charge is 0.394 e. The van der Waals surface area contributed by atoms with E-state index in [9.17, 15) is 45.6 Å². The molecule has 0 saturated carbocycles. The minimum absolute atomic E-state index is 0.214. The van der Waals surface area contributed by atoms with Crippen molar-refractivity contribution in [1.82, 2.24) is 5.32 Å². The van der Waals surface area contributed by atoms with Crippen LogP contribution in [0.3, 0.4) is 0 Å². The third-order valence-electron chi connectivity index (χ3n) is 12.8. The summed E-state index contributed by atoms with van der Waals surface area (Å²) < 4.78 is 22.5. The van der Waals surface area contributed by atoms with Crippen molar-refractivity contribution in [3.05, 3.63) is 0 Å². The summed E-state index contributed by atoms with van der Waals surface area (Å²) in [4.78, 5) is 13.0. The van der Waals surface area contributed by atoms with Crippen molar-refractivity contribution < 1.29 is 64.6 Å². The molecular formula is C48H93NO13. The molecule has 0 aromatic rings. The van der Waals surface area contributed by atoms with E-state index in [0.29, 0.717) is 12.8 Å². The van der Waals surface area contributed by atoms with E-state index in [2.05, 4.69) is 19.2 Å². The van der Waals surface area contributed by atoms with E-state index in [1.165, 1.54) is 135 Å². The number of carbonyl (C=O) groups excluding carboxylic acids is 1. The van der Waals surface area contributed by atoms with Gasteiger partial charge in [-0.1, -0.05) is 187 Å². The summed E-state index contributed by atoms with van der Waals surface area (Å²) in [6, 6.07) is -0.817. The molecule has 368 valence electrons. The van der Waals surface area contributed by atoms with E-state index < -0.39 is 86.8 Å². The standard InChI is InChI=1S/C48H93NO13/c1-3-5-7-8-9-10-11-12-13-14-15-16-17-18-19-20-21-22-23-24-25-26-27-28-30-32-40(53)49-36(37(52)31-29-6-4-2)35-59-47-45(58)43(56)46(39(34-51)61-47)62-48-44(57)42(55)41(54)38(33-50)60-48/h36-39,41-48,50-52,54-58H,3-35H2,1-2H3,(H,49,53). The third kappa shape index (κ3) is 23.4. The molecule has 12 unspecified atom stereocenters. The van der Waals surface area contributed by atoms with E-state index in [-0.39, 0.29) is 12.5 Å². The Labute approximate surface area is 374 Å². The highest BCUT2D eigenvalue weighted by Gasteiger charge is 2.51. The molecule has 2 rings (SSSR count). The van der Waals surface area contributed by atoms with Crippen LogP contribution >= 0.6 is 0 Å². The maximum absolute atomic E-state index is 13.0. The molecule has 0 radical (unpaired) electrons. The van der Waals surface area contributed by atoms with Gasteiger partial charge < -0.3 is 65.1 Å². The first-order valence-electron chi connectivity index (χ1n) is 25.3. The maximum atomic E-state index is 13.0. The highest BCUT2D eigenvalue weighted by atomic mass is 16.7. The first-order valence-corrected chi connectivity index (χ1v) is 25.3. The predicted octanol–water partition coefficient (Wildman–Crippen LogP) is 6.22. The van der Waals surface area contributed by atoms with Gasteiger partial charge in [-0.3, -0.25) is 4.79 Å². The molecule has 0 bridgehead atoms. The van der Waals surface area contributed by atoms with Crippen LogP contribution in [-0.4, -0.2) is 140 Å². The van der Waals surface area contributed by atoms with Crippen molar-refractivity contribution >= 4 is 5.91 Å². The van der Waals surface area contributed by atoms with Crippen LogP contribution in [0.25, 0.3) is 0 Å². The number of carbonyl (C=O) groups is 1. The van der Waals surface area contributed by atoms with Crippen molar-refractivity contribution in [2.75, 3.05) is 19.8 Å². The second kappa shape index (κ2) is 36.2. The van der Waals surface area contributed by atoms with Crippen LogP contribution in [0.5, 0.6) is 0 Å². The maximum Gasteiger partial charge on any atom is 0.220 e. The first-order chi connectivity index (χ1) is 30.1. The van der Waals surface area contributed by atoms with Gasteiger partial charge in [0.25, 0.3) is 0 Å². The Morgan fingerprint density at radius 3 is 1.37 bits per heavy atom. The van der Waals surface area contributed by atoms with Gasteiger partial charge in [0, 0.05) is 6.42 Å². The van der Waals surface area contributed by atoms with Gasteiger partial charge in [0.1, 0.15) is 48.8 Å². The van der Waals surface area contributed by atoms with Crippen molar-refractivity contribution in [1.29, 1.82) is 0 Å². The van der Waals surface area contributed by atoms with Gasteiger partial charge in [0.2, 0.25) is 5.91 Å². The Kier molecular flexibility index (Phi) is 33.3. The van der Waals surface area contributed by atoms with Crippen LogP contribution in [0, 0.1) is 0 Å². The second-order valence-electron chi connectivity index (χ2n) is 18.3. The van der Waals surface area contributed by atoms with E-state index in [0.717, 1.165) is 44.9 Å². The summed E-state index contributed by atoms with van der Waals surface area (Å²) in [5, 5.41) is 86.0. The Balaban J connectivity index is 1.59. The van der Waals surface area contributed by atoms with Gasteiger partial charge in [-0.25, -0.2) is 0 Å². The molecule has 2 saturated heterocycles. The van der Waals surface area contributed by atoms with Crippen molar-refractivity contribution in [2.45, 2.75) is 280 Å². The van der Waals surface area contributed by atoms with Gasteiger partial charge in [-0.05, 0) is 12.8 Å². The van der Waals surface area contributed by atoms with Gasteiger partial charge in [-0.2, -0.15) is 0 Å². The predicted molar refractivity (Wildman–Crippen MR) is 240 cm³/mol. The second-order valence-corrected chi connectivity index (χ2v) is 18.3. The average Bonchev–Trinajstić information content (AvgIpc) is 3.27. The molecule has 14 nitrogen and oxygen atoms in total. The molecule has 14 heteroatoms. The summed E-state index contributed by atoms with van der Waals surface area (Å²) in [5.41, 5.74) is 0. The van der Waals surface area contributed by atoms with Crippen LogP contribution < -0.4 is 5.32 Å². The van der Waals surface area contributed by atoms with Crippen molar-refractivity contribution in [3.8, 4) is 0 Å². The van der Waals surface area contributed by atoms with Gasteiger partial charge in [0.05, 0.1) is 32.0 Å². The van der Waals surface area contributed by atoms with Gasteiger partial charge in [-0.15, -0.1) is 0 Å². The van der Waals surface area contributed by atoms with Crippen molar-refractivity contribution in [2.24, 2.45) is 0 Å². The van der Waals surface area contributed by atoms with Crippen molar-refractivity contribution in [3.63, 3.8) is 0 Å². The number of nitrogens with one attached hydrogen (secondary N) is 1. The molecule has 2 aliphatic rings. The fourth-order valence-corrected chi connectivity index (χ4v) is 8.65. The molecule has 0 spiro atoms. The lowest BCUT2D eigenvalue weighted by atomic mass is 9.97. The zero-order valence-corrected chi connectivity index (χ0v) is 38.9. The molecule has 0 aromatic heterocycles. The van der Waals surface area contributed by atoms with Gasteiger partial charge in [0.15, 0.2) is 12.6 Å². The zero-order valence-electron chi connectivity index (χ0n) is 38.9. The SMILES string of the molecule is CCCCCCCCCCCCCCCCCCCCCCCCCCCC(=O)NC(COC1OC(CO)C(OC2OC(CO)C(O)C(O)C2O)C(O)C1O)C(O)CCCCC. The molecule has 2 aliphatic heterocycles. The number of unbranched alkanes of at least 4 members (excludes halogenated alkanes) is 26. The molecule has 62 heavy (non-hydrogen) atoms. The van der Waals surface area contributed by atoms with Gasteiger partial charge >= 0.3 is 0 Å². The zero-order chi connectivity index (χ0) is 45.4. The van der Waals surface area contributed by atoms with E-state index in [1.807, 2.05) is 0 Å². The molecular weight excluding hydrogens is 799 g/mol. The third-order valence-corrected chi connectivity index (χ3v) is 12.8. The number of ether oxygens (including phenoxy) is 4. The minimum Gasteiger partial charge on any atom is -0.394 e. The fraction of sp³-hybridized carbons (Fsp3) is 0.979. The average molecular weight is 892 g/mol. The lowest BCUT2D eigenvalue weighted by Crippen LogP contribution is -2.65. The Morgan fingerprint density at radius 2 is 0.919 bits per heavy atom. The van der Waals surface area contributed by atoms with Crippen LogP contribution in [0.15, 0.2) is 0 Å². The van der Waals surface area contributed by atoms with Crippen LogP contribution in [0.2, 0.25) is 0 Å². The first kappa shape index (κ1) is 57.1. The number of aliphatic hydroxyl groups excluding tert-OH is 8. The minimum atomic E-state index is -1.78. The van der Waals surface area contributed by atoms with Crippen LogP contribution in [0.4, 0.5) is 0 Å². The summed E-state index contributed by atoms with van der Waals surface area (Å²) in [7, 11) is 0. The lowest BCUT2D eigenvalue weighted by molar-refractivity contribution is -0.359. The van der Waals surface area contributed by atoms with E-state index in [4.69, 9.17) is 18.9 Å². The number of aliphatic hydroxyl groups is 8. The van der Waals surface area contributed by atoms with Crippen LogP contribution in [0.1, 0.15) is 206 Å². The van der Waals surface area contributed by atoms with E-state index in [1.54, 1.807) is 0 Å². The lowest BCUT2D eigenvalue weighted by Gasteiger charge is -2.46. The topological polar surface area (TPSA) is 228 Å². The number of hydrogen-bond donors (Lipinski definition) is 9. The summed E-state index contributed by atoms with van der Waals surface area (Å²) >= 11 is 0. The fourth-order valence-electron chi connectivity index (χ4n) is 8.65. The number of hydrogen-bond acceptors (Lipinski definition) is 13. The smallest absolute Gasteiger partial charge is 0.220 e. The van der Waals surface area contributed by atoms with Crippen LogP contribution in [-0.2, 0) is 23.7 Å². The Morgan fingerprint density at radius 1 is 0.516 bits per heavy atom. The normalized spacial score (nSPS) is 27.6. The molecule has 2 heterocycles. The molecule has 0 aromatic carbocycles. The molecule has 2 fully saturated rings. The number of amides is 1.